The minimum atomic E-state index is -0.195. The number of nitrogens with two attached hydrogens (primary N) is 1. The Balaban J connectivity index is 1.79. The number of hydrogen-bond acceptors (Lipinski definition) is 3. The van der Waals surface area contributed by atoms with Gasteiger partial charge in [0.1, 0.15) is 5.75 Å². The molecule has 0 radical (unpaired) electrons. The third-order valence-corrected chi connectivity index (χ3v) is 3.36. The van der Waals surface area contributed by atoms with Crippen LogP contribution in [0.15, 0.2) is 24.3 Å². The van der Waals surface area contributed by atoms with Gasteiger partial charge in [-0.1, -0.05) is 0 Å². The van der Waals surface area contributed by atoms with E-state index in [-0.39, 0.29) is 11.4 Å². The molecule has 0 bridgehead atoms. The Morgan fingerprint density at radius 3 is 2.56 bits per heavy atom. The van der Waals surface area contributed by atoms with Crippen LogP contribution in [0.25, 0.3) is 0 Å². The number of amides is 2. The molecule has 1 aromatic rings. The second-order valence-electron chi connectivity index (χ2n) is 4.74. The Morgan fingerprint density at radius 2 is 2.06 bits per heavy atom. The molecule has 0 aliphatic heterocycles. The zero-order valence-electron chi connectivity index (χ0n) is 10.5. The number of nitrogens with one attached hydrogen (secondary N) is 2. The summed E-state index contributed by atoms with van der Waals surface area (Å²) in [7, 11) is 1.61. The molecular formula is C13H19N3O2. The van der Waals surface area contributed by atoms with Crippen molar-refractivity contribution in [2.24, 2.45) is 11.1 Å². The minimum Gasteiger partial charge on any atom is -0.497 e. The first-order chi connectivity index (χ1) is 8.67. The fourth-order valence-electron chi connectivity index (χ4n) is 1.75. The Hall–Kier alpha value is -1.75. The second-order valence-corrected chi connectivity index (χ2v) is 4.74. The summed E-state index contributed by atoms with van der Waals surface area (Å²) in [6.07, 6.45) is 2.21. The van der Waals surface area contributed by atoms with E-state index in [0.717, 1.165) is 24.3 Å². The van der Waals surface area contributed by atoms with Crippen LogP contribution in [0.5, 0.6) is 5.75 Å². The van der Waals surface area contributed by atoms with Gasteiger partial charge in [0.2, 0.25) is 0 Å². The van der Waals surface area contributed by atoms with Gasteiger partial charge in [-0.2, -0.15) is 0 Å². The smallest absolute Gasteiger partial charge is 0.319 e. The first-order valence-electron chi connectivity index (χ1n) is 6.06. The van der Waals surface area contributed by atoms with Gasteiger partial charge in [-0.15, -0.1) is 0 Å². The van der Waals surface area contributed by atoms with Crippen LogP contribution >= 0.6 is 0 Å². The number of hydrogen-bond donors (Lipinski definition) is 3. The van der Waals surface area contributed by atoms with Gasteiger partial charge in [0, 0.05) is 17.6 Å². The van der Waals surface area contributed by atoms with E-state index in [0.29, 0.717) is 13.1 Å². The minimum absolute atomic E-state index is 0.150. The fourth-order valence-corrected chi connectivity index (χ4v) is 1.75. The van der Waals surface area contributed by atoms with Crippen LogP contribution in [0.1, 0.15) is 12.8 Å². The number of rotatable bonds is 5. The molecule has 0 saturated heterocycles. The van der Waals surface area contributed by atoms with E-state index < -0.39 is 0 Å². The third-order valence-electron chi connectivity index (χ3n) is 3.36. The number of benzene rings is 1. The van der Waals surface area contributed by atoms with E-state index in [1.807, 2.05) is 0 Å². The molecule has 4 N–H and O–H groups in total. The summed E-state index contributed by atoms with van der Waals surface area (Å²) in [6.45, 7) is 1.28. The number of ether oxygens (including phenoxy) is 1. The van der Waals surface area contributed by atoms with Crippen molar-refractivity contribution < 1.29 is 9.53 Å². The standard InChI is InChI=1S/C13H19N3O2/c1-18-11-4-2-10(3-5-11)16-12(17)15-9-13(8-14)6-7-13/h2-5H,6-9,14H2,1H3,(H2,15,16,17). The van der Waals surface area contributed by atoms with Gasteiger partial charge in [0.05, 0.1) is 7.11 Å². The summed E-state index contributed by atoms with van der Waals surface area (Å²) < 4.78 is 5.05. The van der Waals surface area contributed by atoms with E-state index >= 15 is 0 Å². The van der Waals surface area contributed by atoms with Crippen molar-refractivity contribution >= 4 is 11.7 Å². The fraction of sp³-hybridized carbons (Fsp3) is 0.462. The average molecular weight is 249 g/mol. The topological polar surface area (TPSA) is 76.4 Å². The maximum atomic E-state index is 11.7. The normalized spacial score (nSPS) is 15.9. The van der Waals surface area contributed by atoms with Crippen molar-refractivity contribution in [2.45, 2.75) is 12.8 Å². The summed E-state index contributed by atoms with van der Waals surface area (Å²) in [4.78, 5) is 11.7. The molecule has 18 heavy (non-hydrogen) atoms. The summed E-state index contributed by atoms with van der Waals surface area (Å²) >= 11 is 0. The molecule has 1 aliphatic rings. The molecule has 5 heteroatoms. The molecule has 2 rings (SSSR count). The Morgan fingerprint density at radius 1 is 1.39 bits per heavy atom. The number of carbonyl (C=O) groups is 1. The maximum absolute atomic E-state index is 11.7. The Labute approximate surface area is 107 Å². The number of urea groups is 1. The third kappa shape index (κ3) is 3.13. The van der Waals surface area contributed by atoms with Gasteiger partial charge in [0.25, 0.3) is 0 Å². The quantitative estimate of drug-likeness (QED) is 0.741. The van der Waals surface area contributed by atoms with E-state index in [2.05, 4.69) is 10.6 Å². The zero-order chi connectivity index (χ0) is 13.0. The summed E-state index contributed by atoms with van der Waals surface area (Å²) in [6, 6.07) is 7.01. The van der Waals surface area contributed by atoms with Crippen LogP contribution in [-0.4, -0.2) is 26.2 Å². The molecule has 1 aromatic carbocycles. The lowest BCUT2D eigenvalue weighted by Gasteiger charge is -2.14. The molecule has 98 valence electrons. The number of methoxy groups -OCH3 is 1. The SMILES string of the molecule is COc1ccc(NC(=O)NCC2(CN)CC2)cc1. The van der Waals surface area contributed by atoms with Crippen molar-refractivity contribution in [1.82, 2.24) is 5.32 Å². The Bertz CT molecular complexity index is 413. The summed E-state index contributed by atoms with van der Waals surface area (Å²) in [5.41, 5.74) is 6.55. The zero-order valence-corrected chi connectivity index (χ0v) is 10.5. The van der Waals surface area contributed by atoms with Crippen molar-refractivity contribution in [3.05, 3.63) is 24.3 Å². The summed E-state index contributed by atoms with van der Waals surface area (Å²) in [5.74, 6) is 0.765. The highest BCUT2D eigenvalue weighted by Gasteiger charge is 2.41. The van der Waals surface area contributed by atoms with Gasteiger partial charge in [-0.05, 0) is 43.7 Å². The molecule has 0 atom stereocenters. The maximum Gasteiger partial charge on any atom is 0.319 e. The highest BCUT2D eigenvalue weighted by atomic mass is 16.5. The van der Waals surface area contributed by atoms with Gasteiger partial charge >= 0.3 is 6.03 Å². The lowest BCUT2D eigenvalue weighted by Crippen LogP contribution is -2.36. The molecule has 5 nitrogen and oxygen atoms in total. The molecular weight excluding hydrogens is 230 g/mol. The molecule has 0 heterocycles. The first kappa shape index (κ1) is 12.7. The van der Waals surface area contributed by atoms with Gasteiger partial charge in [-0.3, -0.25) is 0 Å². The predicted molar refractivity (Wildman–Crippen MR) is 70.7 cm³/mol. The van der Waals surface area contributed by atoms with Crippen molar-refractivity contribution in [3.8, 4) is 5.75 Å². The molecule has 1 aliphatic carbocycles. The Kier molecular flexibility index (Phi) is 3.72. The molecule has 1 fully saturated rings. The number of anilines is 1. The average Bonchev–Trinajstić information content (AvgIpc) is 3.18. The monoisotopic (exact) mass is 249 g/mol. The van der Waals surface area contributed by atoms with E-state index in [4.69, 9.17) is 10.5 Å². The molecule has 0 aromatic heterocycles. The number of carbonyl (C=O) groups excluding carboxylic acids is 1. The van der Waals surface area contributed by atoms with Crippen LogP contribution in [0.3, 0.4) is 0 Å². The van der Waals surface area contributed by atoms with Crippen LogP contribution in [0.4, 0.5) is 10.5 Å². The van der Waals surface area contributed by atoms with Crippen molar-refractivity contribution in [1.29, 1.82) is 0 Å². The van der Waals surface area contributed by atoms with Crippen LogP contribution in [-0.2, 0) is 0 Å². The highest BCUT2D eigenvalue weighted by molar-refractivity contribution is 5.89. The first-order valence-corrected chi connectivity index (χ1v) is 6.06. The van der Waals surface area contributed by atoms with Crippen LogP contribution in [0, 0.1) is 5.41 Å². The highest BCUT2D eigenvalue weighted by Crippen LogP contribution is 2.43. The molecule has 0 spiro atoms. The van der Waals surface area contributed by atoms with E-state index in [1.165, 1.54) is 0 Å². The lowest BCUT2D eigenvalue weighted by molar-refractivity contribution is 0.249. The molecule has 2 amide bonds. The van der Waals surface area contributed by atoms with Crippen LogP contribution in [0.2, 0.25) is 0 Å². The van der Waals surface area contributed by atoms with Crippen molar-refractivity contribution in [3.63, 3.8) is 0 Å². The van der Waals surface area contributed by atoms with Gasteiger partial charge in [-0.25, -0.2) is 4.79 Å². The predicted octanol–water partition coefficient (Wildman–Crippen LogP) is 1.56. The molecule has 1 saturated carbocycles. The largest absolute Gasteiger partial charge is 0.497 e. The van der Waals surface area contributed by atoms with Gasteiger partial charge in [0.15, 0.2) is 0 Å². The van der Waals surface area contributed by atoms with E-state index in [1.54, 1.807) is 31.4 Å². The second kappa shape index (κ2) is 5.27. The van der Waals surface area contributed by atoms with Gasteiger partial charge < -0.3 is 21.1 Å². The van der Waals surface area contributed by atoms with E-state index in [9.17, 15) is 4.79 Å². The summed E-state index contributed by atoms with van der Waals surface area (Å²) in [5, 5.41) is 5.62. The van der Waals surface area contributed by atoms with Crippen molar-refractivity contribution in [2.75, 3.05) is 25.5 Å². The van der Waals surface area contributed by atoms with Crippen LogP contribution < -0.4 is 21.1 Å². The lowest BCUT2D eigenvalue weighted by atomic mass is 10.1. The molecule has 0 unspecified atom stereocenters.